The van der Waals surface area contributed by atoms with Gasteiger partial charge < -0.3 is 14.2 Å². The predicted octanol–water partition coefficient (Wildman–Crippen LogP) is 1.93. The Morgan fingerprint density at radius 2 is 1.67 bits per heavy atom. The van der Waals surface area contributed by atoms with Crippen LogP contribution in [0.2, 0.25) is 0 Å². The van der Waals surface area contributed by atoms with Crippen molar-refractivity contribution < 1.29 is 14.2 Å². The molecule has 0 atom stereocenters. The summed E-state index contributed by atoms with van der Waals surface area (Å²) in [5.41, 5.74) is 0.788. The summed E-state index contributed by atoms with van der Waals surface area (Å²) in [4.78, 5) is 2.54. The number of nitrogens with zero attached hydrogens (tertiary/aromatic N) is 5. The molecular formula is C19H25N5O3. The number of aromatic nitrogens is 4. The molecule has 27 heavy (non-hydrogen) atoms. The van der Waals surface area contributed by atoms with Gasteiger partial charge in [-0.3, -0.25) is 4.90 Å². The molecule has 1 aromatic carbocycles. The Labute approximate surface area is 158 Å². The molecule has 2 aromatic rings. The van der Waals surface area contributed by atoms with Crippen molar-refractivity contribution in [3.8, 4) is 17.2 Å². The number of hydrogen-bond acceptors (Lipinski definition) is 7. The first kappa shape index (κ1) is 16.9. The first-order valence-electron chi connectivity index (χ1n) is 9.88. The summed E-state index contributed by atoms with van der Waals surface area (Å²) in [5.74, 6) is 2.46. The first-order chi connectivity index (χ1) is 13.4. The van der Waals surface area contributed by atoms with E-state index in [4.69, 9.17) is 14.2 Å². The van der Waals surface area contributed by atoms with Crippen molar-refractivity contribution in [1.82, 2.24) is 25.1 Å². The van der Waals surface area contributed by atoms with Gasteiger partial charge in [0, 0.05) is 19.2 Å². The third-order valence-electron chi connectivity index (χ3n) is 5.95. The van der Waals surface area contributed by atoms with Crippen molar-refractivity contribution in [2.45, 2.75) is 37.6 Å². The topological polar surface area (TPSA) is 74.5 Å². The lowest BCUT2D eigenvalue weighted by Crippen LogP contribution is -2.53. The van der Waals surface area contributed by atoms with Crippen LogP contribution in [0.25, 0.3) is 5.69 Å². The second-order valence-corrected chi connectivity index (χ2v) is 7.43. The number of benzene rings is 1. The fourth-order valence-corrected chi connectivity index (χ4v) is 4.62. The lowest BCUT2D eigenvalue weighted by atomic mass is 9.79. The molecule has 8 heteroatoms. The Kier molecular flexibility index (Phi) is 4.45. The fourth-order valence-electron chi connectivity index (χ4n) is 4.62. The van der Waals surface area contributed by atoms with E-state index in [-0.39, 0.29) is 5.54 Å². The molecule has 1 aromatic heterocycles. The molecular weight excluding hydrogens is 346 g/mol. The van der Waals surface area contributed by atoms with Gasteiger partial charge >= 0.3 is 0 Å². The van der Waals surface area contributed by atoms with Crippen LogP contribution in [0.3, 0.4) is 0 Å². The van der Waals surface area contributed by atoms with E-state index in [9.17, 15) is 0 Å². The second-order valence-electron chi connectivity index (χ2n) is 7.43. The normalized spacial score (nSPS) is 22.5. The Bertz CT molecular complexity index is 796. The maximum atomic E-state index is 5.76. The molecule has 0 unspecified atom stereocenters. The first-order valence-corrected chi connectivity index (χ1v) is 9.88. The van der Waals surface area contributed by atoms with Gasteiger partial charge in [0.25, 0.3) is 0 Å². The molecule has 5 rings (SSSR count). The molecule has 3 aliphatic rings. The van der Waals surface area contributed by atoms with Gasteiger partial charge in [-0.15, -0.1) is 5.10 Å². The Hall–Kier alpha value is -2.19. The lowest BCUT2D eigenvalue weighted by molar-refractivity contribution is -0.0451. The van der Waals surface area contributed by atoms with Crippen molar-refractivity contribution in [2.75, 3.05) is 39.5 Å². The second kappa shape index (κ2) is 7.09. The van der Waals surface area contributed by atoms with Gasteiger partial charge in [-0.2, -0.15) is 4.68 Å². The molecule has 0 radical (unpaired) electrons. The summed E-state index contributed by atoms with van der Waals surface area (Å²) in [6.45, 7) is 4.54. The zero-order valence-corrected chi connectivity index (χ0v) is 15.5. The molecule has 0 N–H and O–H groups in total. The average Bonchev–Trinajstić information content (AvgIpc) is 3.25. The fraction of sp³-hybridized carbons (Fsp3) is 0.632. The summed E-state index contributed by atoms with van der Waals surface area (Å²) in [6, 6.07) is 5.92. The zero-order valence-electron chi connectivity index (χ0n) is 15.5. The molecule has 0 bridgehead atoms. The predicted molar refractivity (Wildman–Crippen MR) is 97.3 cm³/mol. The maximum absolute atomic E-state index is 5.76. The van der Waals surface area contributed by atoms with Gasteiger partial charge in [-0.1, -0.05) is 19.3 Å². The molecule has 0 spiro atoms. The lowest BCUT2D eigenvalue weighted by Gasteiger charge is -2.46. The molecule has 1 aliphatic carbocycles. The summed E-state index contributed by atoms with van der Waals surface area (Å²) >= 11 is 0. The maximum Gasteiger partial charge on any atom is 0.176 e. The van der Waals surface area contributed by atoms with E-state index < -0.39 is 0 Å². The molecule has 1 saturated heterocycles. The molecule has 1 saturated carbocycles. The summed E-state index contributed by atoms with van der Waals surface area (Å²) in [7, 11) is 0. The Morgan fingerprint density at radius 1 is 0.889 bits per heavy atom. The summed E-state index contributed by atoms with van der Waals surface area (Å²) in [5, 5.41) is 12.9. The van der Waals surface area contributed by atoms with E-state index in [1.54, 1.807) is 0 Å². The van der Waals surface area contributed by atoms with Crippen LogP contribution in [0.15, 0.2) is 18.2 Å². The van der Waals surface area contributed by atoms with Gasteiger partial charge in [-0.05, 0) is 35.4 Å². The highest BCUT2D eigenvalue weighted by Crippen LogP contribution is 2.42. The minimum Gasteiger partial charge on any atom is -0.486 e. The highest BCUT2D eigenvalue weighted by atomic mass is 16.6. The highest BCUT2D eigenvalue weighted by molar-refractivity contribution is 5.49. The van der Waals surface area contributed by atoms with Gasteiger partial charge in [-0.25, -0.2) is 0 Å². The molecule has 144 valence electrons. The number of tetrazole rings is 1. The highest BCUT2D eigenvalue weighted by Gasteiger charge is 2.44. The van der Waals surface area contributed by atoms with E-state index in [0.717, 1.165) is 62.2 Å². The smallest absolute Gasteiger partial charge is 0.176 e. The quantitative estimate of drug-likeness (QED) is 0.816. The van der Waals surface area contributed by atoms with Crippen LogP contribution in [-0.2, 0) is 10.3 Å². The molecule has 3 heterocycles. The molecule has 2 fully saturated rings. The van der Waals surface area contributed by atoms with Crippen molar-refractivity contribution in [2.24, 2.45) is 0 Å². The minimum atomic E-state index is -0.126. The van der Waals surface area contributed by atoms with Crippen LogP contribution in [0.1, 0.15) is 37.9 Å². The van der Waals surface area contributed by atoms with E-state index >= 15 is 0 Å². The SMILES string of the molecule is c1cc2c(cc1-n1nnnc1C1(N3CCOCC3)CCCCC1)OCCO2. The van der Waals surface area contributed by atoms with E-state index in [1.165, 1.54) is 19.3 Å². The minimum absolute atomic E-state index is 0.126. The molecule has 0 amide bonds. The average molecular weight is 371 g/mol. The zero-order chi connectivity index (χ0) is 18.1. The Balaban J connectivity index is 1.56. The third-order valence-corrected chi connectivity index (χ3v) is 5.95. The van der Waals surface area contributed by atoms with E-state index in [2.05, 4.69) is 20.4 Å². The number of rotatable bonds is 3. The van der Waals surface area contributed by atoms with Crippen LogP contribution in [0, 0.1) is 0 Å². The summed E-state index contributed by atoms with van der Waals surface area (Å²) in [6.07, 6.45) is 5.84. The van der Waals surface area contributed by atoms with Gasteiger partial charge in [0.15, 0.2) is 17.3 Å². The largest absolute Gasteiger partial charge is 0.486 e. The molecule has 8 nitrogen and oxygen atoms in total. The van der Waals surface area contributed by atoms with Crippen molar-refractivity contribution in [3.63, 3.8) is 0 Å². The Morgan fingerprint density at radius 3 is 2.48 bits per heavy atom. The van der Waals surface area contributed by atoms with Crippen molar-refractivity contribution in [1.29, 1.82) is 0 Å². The number of morpholine rings is 1. The molecule has 2 aliphatic heterocycles. The summed E-state index contributed by atoms with van der Waals surface area (Å²) < 4.78 is 18.9. The third kappa shape index (κ3) is 2.96. The number of ether oxygens (including phenoxy) is 3. The standard InChI is InChI=1S/C19H25N5O3/c1-2-6-19(7-3-1,23-8-10-25-11-9-23)18-20-21-22-24(18)15-4-5-16-17(14-15)27-13-12-26-16/h4-5,14H,1-3,6-13H2. The monoisotopic (exact) mass is 371 g/mol. The number of fused-ring (bicyclic) bond motifs is 1. The van der Waals surface area contributed by atoms with E-state index in [0.29, 0.717) is 13.2 Å². The van der Waals surface area contributed by atoms with Crippen molar-refractivity contribution >= 4 is 0 Å². The van der Waals surface area contributed by atoms with Crippen molar-refractivity contribution in [3.05, 3.63) is 24.0 Å². The van der Waals surface area contributed by atoms with Crippen LogP contribution in [0.5, 0.6) is 11.5 Å². The van der Waals surface area contributed by atoms with Crippen LogP contribution in [0.4, 0.5) is 0 Å². The van der Waals surface area contributed by atoms with Gasteiger partial charge in [0.1, 0.15) is 13.2 Å². The van der Waals surface area contributed by atoms with Crippen LogP contribution < -0.4 is 9.47 Å². The van der Waals surface area contributed by atoms with Crippen LogP contribution in [-0.4, -0.2) is 64.6 Å². The van der Waals surface area contributed by atoms with Gasteiger partial charge in [0.05, 0.1) is 24.4 Å². The van der Waals surface area contributed by atoms with E-state index in [1.807, 2.05) is 22.9 Å². The number of hydrogen-bond donors (Lipinski definition) is 0. The van der Waals surface area contributed by atoms with Gasteiger partial charge in [0.2, 0.25) is 0 Å². The van der Waals surface area contributed by atoms with Crippen LogP contribution >= 0.6 is 0 Å².